The molecule has 0 saturated carbocycles. The van der Waals surface area contributed by atoms with Crippen molar-refractivity contribution in [1.82, 2.24) is 19.6 Å². The smallest absolute Gasteiger partial charge is 0.266 e. The standard InChI is InChI=1S/C20H25N5O2/c21-14-19(16-23-6-8-24(17-26)9-7-23)20(27)25-12-10-22(11-13-25)15-18-4-2-1-3-5-18/h1-5,16-17H,6-13,15H2/b19-16-. The molecule has 0 unspecified atom stereocenters. The molecule has 2 fully saturated rings. The van der Waals surface area contributed by atoms with Crippen LogP contribution in [-0.4, -0.2) is 84.3 Å². The Labute approximate surface area is 160 Å². The fraction of sp³-hybridized carbons (Fsp3) is 0.450. The predicted octanol–water partition coefficient (Wildman–Crippen LogP) is 0.512. The molecule has 0 N–H and O–H groups in total. The summed E-state index contributed by atoms with van der Waals surface area (Å²) in [5, 5.41) is 9.43. The largest absolute Gasteiger partial charge is 0.373 e. The van der Waals surface area contributed by atoms with Crippen molar-refractivity contribution < 1.29 is 9.59 Å². The van der Waals surface area contributed by atoms with E-state index in [-0.39, 0.29) is 11.5 Å². The quantitative estimate of drug-likeness (QED) is 0.431. The molecule has 7 heteroatoms. The van der Waals surface area contributed by atoms with Crippen molar-refractivity contribution in [2.75, 3.05) is 52.4 Å². The van der Waals surface area contributed by atoms with Crippen LogP contribution in [0, 0.1) is 11.3 Å². The number of carbonyl (C=O) groups is 2. The molecule has 0 spiro atoms. The predicted molar refractivity (Wildman–Crippen MR) is 101 cm³/mol. The van der Waals surface area contributed by atoms with Gasteiger partial charge in [-0.25, -0.2) is 0 Å². The van der Waals surface area contributed by atoms with E-state index in [1.165, 1.54) is 5.56 Å². The van der Waals surface area contributed by atoms with Crippen LogP contribution in [0.25, 0.3) is 0 Å². The van der Waals surface area contributed by atoms with Crippen molar-refractivity contribution in [3.63, 3.8) is 0 Å². The van der Waals surface area contributed by atoms with Crippen LogP contribution >= 0.6 is 0 Å². The van der Waals surface area contributed by atoms with E-state index in [4.69, 9.17) is 0 Å². The molecule has 0 bridgehead atoms. The second-order valence-electron chi connectivity index (χ2n) is 6.89. The van der Waals surface area contributed by atoms with Gasteiger partial charge in [-0.3, -0.25) is 14.5 Å². The molecule has 0 aromatic heterocycles. The Bertz CT molecular complexity index is 712. The van der Waals surface area contributed by atoms with Crippen molar-refractivity contribution >= 4 is 12.3 Å². The lowest BCUT2D eigenvalue weighted by Crippen LogP contribution is -2.49. The van der Waals surface area contributed by atoms with Gasteiger partial charge in [0.05, 0.1) is 0 Å². The lowest BCUT2D eigenvalue weighted by Gasteiger charge is -2.35. The van der Waals surface area contributed by atoms with E-state index in [1.807, 2.05) is 23.1 Å². The third-order valence-electron chi connectivity index (χ3n) is 5.07. The lowest BCUT2D eigenvalue weighted by molar-refractivity contribution is -0.128. The molecule has 142 valence electrons. The Morgan fingerprint density at radius 1 is 0.963 bits per heavy atom. The highest BCUT2D eigenvalue weighted by atomic mass is 16.2. The van der Waals surface area contributed by atoms with Gasteiger partial charge in [-0.15, -0.1) is 0 Å². The van der Waals surface area contributed by atoms with Crippen molar-refractivity contribution in [2.24, 2.45) is 0 Å². The third-order valence-corrected chi connectivity index (χ3v) is 5.07. The van der Waals surface area contributed by atoms with Crippen LogP contribution in [0.1, 0.15) is 5.56 Å². The maximum atomic E-state index is 12.7. The van der Waals surface area contributed by atoms with Gasteiger partial charge in [0.2, 0.25) is 6.41 Å². The average molecular weight is 367 g/mol. The maximum Gasteiger partial charge on any atom is 0.266 e. The summed E-state index contributed by atoms with van der Waals surface area (Å²) < 4.78 is 0. The molecule has 7 nitrogen and oxygen atoms in total. The molecule has 0 aliphatic carbocycles. The summed E-state index contributed by atoms with van der Waals surface area (Å²) in [6, 6.07) is 12.4. The van der Waals surface area contributed by atoms with Crippen LogP contribution in [0.2, 0.25) is 0 Å². The fourth-order valence-electron chi connectivity index (χ4n) is 3.41. The molecule has 1 aromatic carbocycles. The van der Waals surface area contributed by atoms with Crippen LogP contribution in [0.4, 0.5) is 0 Å². The van der Waals surface area contributed by atoms with Crippen LogP contribution in [0.3, 0.4) is 0 Å². The molecule has 2 amide bonds. The second-order valence-corrected chi connectivity index (χ2v) is 6.89. The summed E-state index contributed by atoms with van der Waals surface area (Å²) in [5.74, 6) is -0.199. The number of hydrogen-bond donors (Lipinski definition) is 0. The Kier molecular flexibility index (Phi) is 6.44. The molecular formula is C20H25N5O2. The summed E-state index contributed by atoms with van der Waals surface area (Å²) in [5.41, 5.74) is 1.44. The molecule has 0 atom stereocenters. The average Bonchev–Trinajstić information content (AvgIpc) is 2.73. The summed E-state index contributed by atoms with van der Waals surface area (Å²) in [7, 11) is 0. The zero-order valence-corrected chi connectivity index (χ0v) is 15.5. The van der Waals surface area contributed by atoms with E-state index in [9.17, 15) is 14.9 Å². The maximum absolute atomic E-state index is 12.7. The van der Waals surface area contributed by atoms with Gasteiger partial charge in [0.15, 0.2) is 0 Å². The number of nitriles is 1. The first-order chi connectivity index (χ1) is 13.2. The molecular weight excluding hydrogens is 342 g/mol. The van der Waals surface area contributed by atoms with E-state index in [1.54, 1.807) is 16.0 Å². The molecule has 2 saturated heterocycles. The number of piperazine rings is 2. The Morgan fingerprint density at radius 3 is 2.19 bits per heavy atom. The van der Waals surface area contributed by atoms with E-state index >= 15 is 0 Å². The Morgan fingerprint density at radius 2 is 1.59 bits per heavy atom. The van der Waals surface area contributed by atoms with E-state index in [0.29, 0.717) is 39.3 Å². The van der Waals surface area contributed by atoms with E-state index < -0.39 is 0 Å². The van der Waals surface area contributed by atoms with Gasteiger partial charge in [0.25, 0.3) is 5.91 Å². The van der Waals surface area contributed by atoms with Crippen LogP contribution in [-0.2, 0) is 16.1 Å². The number of rotatable bonds is 5. The van der Waals surface area contributed by atoms with Gasteiger partial charge >= 0.3 is 0 Å². The summed E-state index contributed by atoms with van der Waals surface area (Å²) >= 11 is 0. The highest BCUT2D eigenvalue weighted by Gasteiger charge is 2.24. The molecule has 0 radical (unpaired) electrons. The first-order valence-corrected chi connectivity index (χ1v) is 9.30. The number of carbonyl (C=O) groups excluding carboxylic acids is 2. The Balaban J connectivity index is 1.52. The van der Waals surface area contributed by atoms with Crippen molar-refractivity contribution in [3.8, 4) is 6.07 Å². The topological polar surface area (TPSA) is 70.9 Å². The first kappa shape index (κ1) is 18.9. The van der Waals surface area contributed by atoms with E-state index in [0.717, 1.165) is 26.0 Å². The minimum Gasteiger partial charge on any atom is -0.373 e. The monoisotopic (exact) mass is 367 g/mol. The van der Waals surface area contributed by atoms with Crippen molar-refractivity contribution in [2.45, 2.75) is 6.54 Å². The number of benzene rings is 1. The minimum absolute atomic E-state index is 0.172. The highest BCUT2D eigenvalue weighted by molar-refractivity contribution is 5.97. The second kappa shape index (κ2) is 9.19. The normalized spacial score (nSPS) is 18.9. The Hall–Kier alpha value is -2.85. The lowest BCUT2D eigenvalue weighted by atomic mass is 10.2. The minimum atomic E-state index is -0.199. The summed E-state index contributed by atoms with van der Waals surface area (Å²) in [4.78, 5) is 31.2. The third kappa shape index (κ3) is 5.08. The van der Waals surface area contributed by atoms with Crippen LogP contribution < -0.4 is 0 Å². The molecule has 3 rings (SSSR count). The van der Waals surface area contributed by atoms with Gasteiger partial charge in [0, 0.05) is 65.1 Å². The fourth-order valence-corrected chi connectivity index (χ4v) is 3.41. The van der Waals surface area contributed by atoms with Crippen LogP contribution in [0.5, 0.6) is 0 Å². The SMILES string of the molecule is N#C/C(=C/N1CCN(C=O)CC1)C(=O)N1CCN(Cc2ccccc2)CC1. The molecule has 1 aromatic rings. The zero-order chi connectivity index (χ0) is 19.1. The van der Waals surface area contributed by atoms with Gasteiger partial charge in [-0.05, 0) is 5.56 Å². The molecule has 2 aliphatic heterocycles. The first-order valence-electron chi connectivity index (χ1n) is 9.30. The highest BCUT2D eigenvalue weighted by Crippen LogP contribution is 2.12. The van der Waals surface area contributed by atoms with Gasteiger partial charge in [0.1, 0.15) is 11.6 Å². The number of nitrogens with zero attached hydrogens (tertiary/aromatic N) is 5. The number of amides is 2. The molecule has 2 aliphatic rings. The molecule has 2 heterocycles. The number of hydrogen-bond acceptors (Lipinski definition) is 5. The van der Waals surface area contributed by atoms with Crippen molar-refractivity contribution in [3.05, 3.63) is 47.7 Å². The summed E-state index contributed by atoms with van der Waals surface area (Å²) in [6.45, 7) is 6.26. The van der Waals surface area contributed by atoms with Crippen molar-refractivity contribution in [1.29, 1.82) is 5.26 Å². The van der Waals surface area contributed by atoms with E-state index in [2.05, 4.69) is 23.1 Å². The van der Waals surface area contributed by atoms with Gasteiger partial charge in [-0.1, -0.05) is 30.3 Å². The zero-order valence-electron chi connectivity index (χ0n) is 15.5. The molecule has 27 heavy (non-hydrogen) atoms. The van der Waals surface area contributed by atoms with Gasteiger partial charge in [-0.2, -0.15) is 5.26 Å². The van der Waals surface area contributed by atoms with Crippen LogP contribution in [0.15, 0.2) is 42.1 Å². The summed E-state index contributed by atoms with van der Waals surface area (Å²) in [6.07, 6.45) is 2.49. The van der Waals surface area contributed by atoms with Gasteiger partial charge < -0.3 is 14.7 Å².